The topological polar surface area (TPSA) is 110 Å². The Hall–Kier alpha value is -3.89. The van der Waals surface area contributed by atoms with Crippen LogP contribution in [0.5, 0.6) is 0 Å². The van der Waals surface area contributed by atoms with Crippen molar-refractivity contribution in [2.45, 2.75) is 32.0 Å². The number of hydrogen-bond donors (Lipinski definition) is 1. The maximum absolute atomic E-state index is 15.1. The number of aromatic carboxylic acids is 1. The van der Waals surface area contributed by atoms with Crippen LogP contribution in [0.15, 0.2) is 41.6 Å². The Morgan fingerprint density at radius 2 is 1.94 bits per heavy atom. The fourth-order valence-corrected chi connectivity index (χ4v) is 4.31. The van der Waals surface area contributed by atoms with Crippen molar-refractivity contribution >= 4 is 28.7 Å². The molecule has 0 radical (unpaired) electrons. The molecule has 1 atom stereocenters. The van der Waals surface area contributed by atoms with Gasteiger partial charge in [0.1, 0.15) is 11.4 Å². The van der Waals surface area contributed by atoms with Crippen LogP contribution in [0.4, 0.5) is 14.9 Å². The van der Waals surface area contributed by atoms with E-state index >= 15 is 4.39 Å². The number of aromatic nitrogens is 3. The Balaban J connectivity index is 1.36. The number of anilines is 1. The summed E-state index contributed by atoms with van der Waals surface area (Å²) in [5.74, 6) is -1.92. The molecule has 178 valence electrons. The smallest absolute Gasteiger partial charge is 0.411 e. The molecule has 11 heteroatoms. The molecule has 1 amide bonds. The van der Waals surface area contributed by atoms with Crippen LogP contribution in [0.2, 0.25) is 0 Å². The van der Waals surface area contributed by atoms with Crippen LogP contribution in [0, 0.1) is 5.82 Å². The van der Waals surface area contributed by atoms with Crippen molar-refractivity contribution < 1.29 is 23.8 Å². The second-order valence-corrected chi connectivity index (χ2v) is 8.58. The first-order chi connectivity index (χ1) is 16.3. The van der Waals surface area contributed by atoms with Gasteiger partial charge in [0.25, 0.3) is 0 Å². The van der Waals surface area contributed by atoms with E-state index in [1.165, 1.54) is 10.9 Å². The number of nitrogens with zero attached hydrogens (tertiary/aromatic N) is 5. The van der Waals surface area contributed by atoms with Crippen LogP contribution in [-0.2, 0) is 4.74 Å². The van der Waals surface area contributed by atoms with Crippen LogP contribution in [0.25, 0.3) is 10.9 Å². The first-order valence-electron chi connectivity index (χ1n) is 11.1. The molecule has 1 saturated carbocycles. The van der Waals surface area contributed by atoms with Gasteiger partial charge < -0.3 is 24.2 Å². The maximum Gasteiger partial charge on any atom is 0.411 e. The predicted octanol–water partition coefficient (Wildman–Crippen LogP) is 2.85. The van der Waals surface area contributed by atoms with Gasteiger partial charge in [-0.15, -0.1) is 0 Å². The van der Waals surface area contributed by atoms with Gasteiger partial charge in [0.2, 0.25) is 5.43 Å². The lowest BCUT2D eigenvalue weighted by Gasteiger charge is -2.36. The third-order valence-corrected chi connectivity index (χ3v) is 6.32. The SMILES string of the molecule is CC(OC(=O)N1CCN(c2cc3c(cc2F)c(=O)c(C(=O)O)cn3C2CC2)CC1)n1cccn1. The summed E-state index contributed by atoms with van der Waals surface area (Å²) >= 11 is 0. The minimum atomic E-state index is -1.32. The Kier molecular flexibility index (Phi) is 5.46. The van der Waals surface area contributed by atoms with Crippen LogP contribution in [0.1, 0.15) is 42.4 Å². The van der Waals surface area contributed by atoms with Gasteiger partial charge in [0.15, 0.2) is 6.23 Å². The molecule has 1 saturated heterocycles. The van der Waals surface area contributed by atoms with E-state index < -0.39 is 29.5 Å². The minimum Gasteiger partial charge on any atom is -0.477 e. The molecule has 2 aliphatic rings. The lowest BCUT2D eigenvalue weighted by Crippen LogP contribution is -2.49. The number of hydrogen-bond acceptors (Lipinski definition) is 6. The van der Waals surface area contributed by atoms with Gasteiger partial charge in [0.05, 0.1) is 11.2 Å². The summed E-state index contributed by atoms with van der Waals surface area (Å²) in [4.78, 5) is 40.1. The number of amides is 1. The van der Waals surface area contributed by atoms with E-state index in [2.05, 4.69) is 5.10 Å². The number of piperazine rings is 1. The van der Waals surface area contributed by atoms with Gasteiger partial charge in [-0.1, -0.05) is 0 Å². The number of ether oxygens (including phenoxy) is 1. The Labute approximate surface area is 193 Å². The molecule has 1 N–H and O–H groups in total. The predicted molar refractivity (Wildman–Crippen MR) is 121 cm³/mol. The number of benzene rings is 1. The molecule has 0 spiro atoms. The van der Waals surface area contributed by atoms with E-state index in [0.29, 0.717) is 37.4 Å². The van der Waals surface area contributed by atoms with Gasteiger partial charge in [0, 0.05) is 56.2 Å². The summed E-state index contributed by atoms with van der Waals surface area (Å²) in [5.41, 5.74) is -0.210. The summed E-state index contributed by atoms with van der Waals surface area (Å²) in [6.45, 7) is 3.18. The van der Waals surface area contributed by atoms with Crippen LogP contribution < -0.4 is 10.3 Å². The Morgan fingerprint density at radius 1 is 1.21 bits per heavy atom. The van der Waals surface area contributed by atoms with E-state index in [1.54, 1.807) is 40.9 Å². The number of rotatable bonds is 5. The Morgan fingerprint density at radius 3 is 2.56 bits per heavy atom. The van der Waals surface area contributed by atoms with Gasteiger partial charge in [-0.2, -0.15) is 5.10 Å². The molecule has 10 nitrogen and oxygen atoms in total. The van der Waals surface area contributed by atoms with Crippen LogP contribution >= 0.6 is 0 Å². The molecule has 1 aliphatic carbocycles. The molecule has 2 fully saturated rings. The van der Waals surface area contributed by atoms with Crippen molar-refractivity contribution in [2.24, 2.45) is 0 Å². The molecule has 5 rings (SSSR count). The summed E-state index contributed by atoms with van der Waals surface area (Å²) in [6.07, 6.45) is 5.41. The van der Waals surface area contributed by atoms with E-state index in [4.69, 9.17) is 4.74 Å². The van der Waals surface area contributed by atoms with Gasteiger partial charge in [-0.3, -0.25) is 4.79 Å². The average Bonchev–Trinajstić information content (AvgIpc) is 3.51. The van der Waals surface area contributed by atoms with E-state index in [1.807, 2.05) is 4.90 Å². The highest BCUT2D eigenvalue weighted by molar-refractivity contribution is 5.93. The zero-order valence-electron chi connectivity index (χ0n) is 18.6. The average molecular weight is 469 g/mol. The summed E-state index contributed by atoms with van der Waals surface area (Å²) in [7, 11) is 0. The zero-order chi connectivity index (χ0) is 24.0. The van der Waals surface area contributed by atoms with E-state index in [0.717, 1.165) is 18.9 Å². The van der Waals surface area contributed by atoms with Crippen molar-refractivity contribution in [3.05, 3.63) is 58.4 Å². The fourth-order valence-electron chi connectivity index (χ4n) is 4.31. The number of carbonyl (C=O) groups is 2. The van der Waals surface area contributed by atoms with Crippen molar-refractivity contribution in [1.29, 1.82) is 0 Å². The summed E-state index contributed by atoms with van der Waals surface area (Å²) in [5, 5.41) is 13.5. The molecule has 1 aliphatic heterocycles. The maximum atomic E-state index is 15.1. The first-order valence-corrected chi connectivity index (χ1v) is 11.1. The highest BCUT2D eigenvalue weighted by Gasteiger charge is 2.29. The second-order valence-electron chi connectivity index (χ2n) is 8.58. The molecular weight excluding hydrogens is 445 g/mol. The quantitative estimate of drug-likeness (QED) is 0.612. The lowest BCUT2D eigenvalue weighted by molar-refractivity contribution is 0.0309. The molecule has 0 bridgehead atoms. The number of halogens is 1. The zero-order valence-corrected chi connectivity index (χ0v) is 18.6. The second kappa shape index (κ2) is 8.47. The summed E-state index contributed by atoms with van der Waals surface area (Å²) in [6, 6.07) is 4.59. The van der Waals surface area contributed by atoms with Crippen molar-refractivity contribution in [1.82, 2.24) is 19.2 Å². The number of carboxylic acid groups (broad SMARTS) is 1. The lowest BCUT2D eigenvalue weighted by atomic mass is 10.1. The van der Waals surface area contributed by atoms with Crippen molar-refractivity contribution in [3.8, 4) is 0 Å². The molecule has 34 heavy (non-hydrogen) atoms. The van der Waals surface area contributed by atoms with E-state index in [-0.39, 0.29) is 17.0 Å². The van der Waals surface area contributed by atoms with Crippen molar-refractivity contribution in [2.75, 3.05) is 31.1 Å². The van der Waals surface area contributed by atoms with Gasteiger partial charge >= 0.3 is 12.1 Å². The Bertz CT molecular complexity index is 1310. The van der Waals surface area contributed by atoms with Crippen LogP contribution in [0.3, 0.4) is 0 Å². The minimum absolute atomic E-state index is 0.0582. The molecule has 1 unspecified atom stereocenters. The summed E-state index contributed by atoms with van der Waals surface area (Å²) < 4.78 is 23.9. The fraction of sp³-hybridized carbons (Fsp3) is 0.391. The highest BCUT2D eigenvalue weighted by atomic mass is 19.1. The highest BCUT2D eigenvalue weighted by Crippen LogP contribution is 2.38. The normalized spacial score (nSPS) is 17.1. The van der Waals surface area contributed by atoms with Gasteiger partial charge in [-0.05, 0) is 38.0 Å². The first kappa shape index (κ1) is 21.9. The van der Waals surface area contributed by atoms with Crippen molar-refractivity contribution in [3.63, 3.8) is 0 Å². The van der Waals surface area contributed by atoms with E-state index in [9.17, 15) is 19.5 Å². The third-order valence-electron chi connectivity index (χ3n) is 6.32. The molecule has 3 aromatic rings. The molecule has 1 aromatic carbocycles. The number of carboxylic acids is 1. The number of pyridine rings is 1. The molecule has 3 heterocycles. The standard InChI is InChI=1S/C23H24FN5O5/c1-14(29-6-2-5-25-29)34-23(33)27-9-7-26(8-10-27)20-12-19-16(11-18(20)24)21(30)17(22(31)32)13-28(19)15-3-4-15/h2,5-6,11-15H,3-4,7-10H2,1H3,(H,31,32). The van der Waals surface area contributed by atoms with Gasteiger partial charge in [-0.25, -0.2) is 18.7 Å². The monoisotopic (exact) mass is 469 g/mol. The third kappa shape index (κ3) is 3.97. The number of fused-ring (bicyclic) bond motifs is 1. The van der Waals surface area contributed by atoms with Crippen LogP contribution in [-0.4, -0.2) is 62.6 Å². The number of carbonyl (C=O) groups excluding carboxylic acids is 1. The largest absolute Gasteiger partial charge is 0.477 e. The molecule has 2 aromatic heterocycles. The molecular formula is C23H24FN5O5.